The zero-order valence-corrected chi connectivity index (χ0v) is 11.4. The van der Waals surface area contributed by atoms with Crippen molar-refractivity contribution >= 4 is 11.4 Å². The first-order chi connectivity index (χ1) is 8.04. The number of fused-ring (bicyclic) bond motifs is 2. The molecule has 5 heteroatoms. The van der Waals surface area contributed by atoms with Gasteiger partial charge in [0.15, 0.2) is 0 Å². The Kier molecular flexibility index (Phi) is 2.95. The minimum atomic E-state index is -0.939. The molecule has 3 saturated heterocycles. The average molecular weight is 258 g/mol. The minimum absolute atomic E-state index is 0.167. The number of nitrogens with one attached hydrogen (secondary N) is 2. The van der Waals surface area contributed by atoms with Gasteiger partial charge in [0, 0.05) is 23.2 Å². The number of hydrogen-bond donors (Lipinski definition) is 2. The van der Waals surface area contributed by atoms with Crippen LogP contribution in [0.4, 0.5) is 0 Å². The fraction of sp³-hybridized carbons (Fsp3) is 1.00. The summed E-state index contributed by atoms with van der Waals surface area (Å²) in [6.45, 7) is 7.07. The molecular weight excluding hydrogens is 236 g/mol. The van der Waals surface area contributed by atoms with Crippen LogP contribution in [0.3, 0.4) is 0 Å². The maximum Gasteiger partial charge on any atom is 0.142 e. The molecular formula is C12H22N2O2S. The predicted octanol–water partition coefficient (Wildman–Crippen LogP) is 0.559. The summed E-state index contributed by atoms with van der Waals surface area (Å²) in [5, 5.41) is 3.40. The molecule has 1 unspecified atom stereocenters. The van der Waals surface area contributed by atoms with E-state index in [0.717, 1.165) is 39.0 Å². The molecule has 0 aliphatic carbocycles. The lowest BCUT2D eigenvalue weighted by molar-refractivity contribution is 0.0739. The van der Waals surface area contributed by atoms with Gasteiger partial charge in [0.1, 0.15) is 4.75 Å². The fourth-order valence-electron chi connectivity index (χ4n) is 3.45. The molecule has 0 saturated carbocycles. The van der Waals surface area contributed by atoms with E-state index in [1.165, 1.54) is 0 Å². The summed E-state index contributed by atoms with van der Waals surface area (Å²) < 4.78 is 21.4. The highest BCUT2D eigenvalue weighted by atomic mass is 32.2. The van der Waals surface area contributed by atoms with Gasteiger partial charge in [-0.15, -0.1) is 4.72 Å². The molecule has 1 spiro atoms. The van der Waals surface area contributed by atoms with Crippen molar-refractivity contribution in [2.24, 2.45) is 5.41 Å². The molecule has 3 heterocycles. The van der Waals surface area contributed by atoms with Crippen molar-refractivity contribution in [3.05, 3.63) is 0 Å². The van der Waals surface area contributed by atoms with E-state index in [1.807, 2.05) is 0 Å². The van der Waals surface area contributed by atoms with Crippen LogP contribution in [0.1, 0.15) is 33.1 Å². The molecule has 0 bridgehead atoms. The third-order valence-corrected chi connectivity index (χ3v) is 6.28. The highest BCUT2D eigenvalue weighted by Gasteiger charge is 2.58. The molecule has 0 amide bonds. The van der Waals surface area contributed by atoms with E-state index >= 15 is 0 Å². The third kappa shape index (κ3) is 1.92. The van der Waals surface area contributed by atoms with Crippen molar-refractivity contribution < 1.29 is 9.29 Å². The summed E-state index contributed by atoms with van der Waals surface area (Å²) in [7, 11) is 0. The van der Waals surface area contributed by atoms with E-state index < -0.39 is 11.4 Å². The number of hydrogen-bond acceptors (Lipinski definition) is 4. The van der Waals surface area contributed by atoms with E-state index in [9.17, 15) is 4.55 Å². The highest BCUT2D eigenvalue weighted by molar-refractivity contribution is 7.90. The molecule has 0 radical (unpaired) electrons. The summed E-state index contributed by atoms with van der Waals surface area (Å²) in [6.07, 6.45) is 3.44. The van der Waals surface area contributed by atoms with E-state index in [1.54, 1.807) is 0 Å². The lowest BCUT2D eigenvalue weighted by Crippen LogP contribution is -2.62. The Bertz CT molecular complexity index is 305. The van der Waals surface area contributed by atoms with Crippen molar-refractivity contribution in [1.29, 1.82) is 0 Å². The first-order valence-corrected chi connectivity index (χ1v) is 7.69. The Labute approximate surface area is 106 Å². The SMILES string of the molecule is CC1(C)C[C@@H]2OCC3(CCNCC3)[C@@H]2N[S+]1[O-]. The summed E-state index contributed by atoms with van der Waals surface area (Å²) in [4.78, 5) is 0. The standard InChI is InChI=1S/C12H22N2O2S/c1-11(2)7-9-10(14-17(11)15)12(8-16-9)3-5-13-6-4-12/h9-10,13-14H,3-8H2,1-2H3/t9-,10+,17?/m0/s1. The lowest BCUT2D eigenvalue weighted by Gasteiger charge is -2.44. The van der Waals surface area contributed by atoms with Gasteiger partial charge >= 0.3 is 0 Å². The predicted molar refractivity (Wildman–Crippen MR) is 68.0 cm³/mol. The second-order valence-corrected chi connectivity index (χ2v) is 8.17. The minimum Gasteiger partial charge on any atom is -0.598 e. The largest absolute Gasteiger partial charge is 0.598 e. The van der Waals surface area contributed by atoms with Crippen LogP contribution >= 0.6 is 0 Å². The molecule has 3 atom stereocenters. The van der Waals surface area contributed by atoms with Crippen LogP contribution in [0, 0.1) is 5.41 Å². The number of rotatable bonds is 0. The maximum atomic E-state index is 12.2. The van der Waals surface area contributed by atoms with Crippen molar-refractivity contribution in [2.75, 3.05) is 19.7 Å². The zero-order valence-electron chi connectivity index (χ0n) is 10.6. The molecule has 0 aromatic rings. The van der Waals surface area contributed by atoms with Gasteiger partial charge in [0.2, 0.25) is 0 Å². The first-order valence-electron chi connectivity index (χ1n) is 6.54. The van der Waals surface area contributed by atoms with E-state index in [-0.39, 0.29) is 16.3 Å². The van der Waals surface area contributed by atoms with Gasteiger partial charge in [-0.25, -0.2) is 0 Å². The quantitative estimate of drug-likeness (QED) is 0.623. The van der Waals surface area contributed by atoms with E-state index in [2.05, 4.69) is 23.9 Å². The topological polar surface area (TPSA) is 56.3 Å². The maximum absolute atomic E-state index is 12.2. The summed E-state index contributed by atoms with van der Waals surface area (Å²) in [5.74, 6) is 0. The molecule has 3 rings (SSSR count). The van der Waals surface area contributed by atoms with Crippen molar-refractivity contribution in [1.82, 2.24) is 10.0 Å². The second-order valence-electron chi connectivity index (χ2n) is 6.29. The molecule has 3 aliphatic heterocycles. The van der Waals surface area contributed by atoms with Gasteiger partial charge in [0.05, 0.1) is 18.8 Å². The Morgan fingerprint density at radius 2 is 2.00 bits per heavy atom. The Balaban J connectivity index is 1.80. The number of piperidine rings is 1. The molecule has 3 fully saturated rings. The van der Waals surface area contributed by atoms with Gasteiger partial charge in [0.25, 0.3) is 0 Å². The Hall–Kier alpha value is 0.190. The van der Waals surface area contributed by atoms with E-state index in [4.69, 9.17) is 4.74 Å². The molecule has 4 nitrogen and oxygen atoms in total. The molecule has 98 valence electrons. The third-order valence-electron chi connectivity index (χ3n) is 4.64. The molecule has 0 aromatic carbocycles. The lowest BCUT2D eigenvalue weighted by atomic mass is 9.73. The summed E-state index contributed by atoms with van der Waals surface area (Å²) in [5.41, 5.74) is 0.224. The van der Waals surface area contributed by atoms with Crippen LogP contribution in [0.25, 0.3) is 0 Å². The normalized spacial score (nSPS) is 43.6. The zero-order chi connectivity index (χ0) is 12.1. The van der Waals surface area contributed by atoms with Crippen molar-refractivity contribution in [3.63, 3.8) is 0 Å². The smallest absolute Gasteiger partial charge is 0.142 e. The molecule has 3 aliphatic rings. The first kappa shape index (κ1) is 12.2. The summed E-state index contributed by atoms with van der Waals surface area (Å²) >= 11 is -0.939. The fourth-order valence-corrected chi connectivity index (χ4v) is 4.71. The average Bonchev–Trinajstić information content (AvgIpc) is 2.59. The van der Waals surface area contributed by atoms with Crippen LogP contribution in [-0.2, 0) is 16.1 Å². The van der Waals surface area contributed by atoms with Crippen LogP contribution in [0.2, 0.25) is 0 Å². The number of ether oxygens (including phenoxy) is 1. The van der Waals surface area contributed by atoms with Gasteiger partial charge in [-0.3, -0.25) is 0 Å². The molecule has 2 N–H and O–H groups in total. The highest BCUT2D eigenvalue weighted by Crippen LogP contribution is 2.46. The van der Waals surface area contributed by atoms with Crippen LogP contribution in [0.5, 0.6) is 0 Å². The monoisotopic (exact) mass is 258 g/mol. The van der Waals surface area contributed by atoms with Crippen molar-refractivity contribution in [3.8, 4) is 0 Å². The van der Waals surface area contributed by atoms with E-state index in [0.29, 0.717) is 6.04 Å². The Morgan fingerprint density at radius 1 is 1.29 bits per heavy atom. The van der Waals surface area contributed by atoms with Crippen molar-refractivity contribution in [2.45, 2.75) is 50.0 Å². The van der Waals surface area contributed by atoms with Gasteiger partial charge in [-0.2, -0.15) is 0 Å². The summed E-state index contributed by atoms with van der Waals surface area (Å²) in [6, 6.07) is 0.290. The van der Waals surface area contributed by atoms with Gasteiger partial charge in [-0.1, -0.05) is 0 Å². The second kappa shape index (κ2) is 4.10. The molecule has 17 heavy (non-hydrogen) atoms. The van der Waals surface area contributed by atoms with Gasteiger partial charge < -0.3 is 14.6 Å². The van der Waals surface area contributed by atoms with Gasteiger partial charge in [-0.05, 0) is 39.8 Å². The molecule has 0 aromatic heterocycles. The van der Waals surface area contributed by atoms with Crippen LogP contribution in [0.15, 0.2) is 0 Å². The van der Waals surface area contributed by atoms with Crippen LogP contribution in [-0.4, -0.2) is 41.1 Å². The Morgan fingerprint density at radius 3 is 2.71 bits per heavy atom. The van der Waals surface area contributed by atoms with Crippen LogP contribution < -0.4 is 10.0 Å².